The van der Waals surface area contributed by atoms with Gasteiger partial charge in [0.15, 0.2) is 0 Å². The van der Waals surface area contributed by atoms with Gasteiger partial charge in [0.25, 0.3) is 5.56 Å². The minimum atomic E-state index is -1.20. The summed E-state index contributed by atoms with van der Waals surface area (Å²) in [5.41, 5.74) is 1.33. The first kappa shape index (κ1) is 14.8. The average Bonchev–Trinajstić information content (AvgIpc) is 2.43. The summed E-state index contributed by atoms with van der Waals surface area (Å²) in [5, 5.41) is 9.19. The maximum atomic E-state index is 12.4. The van der Waals surface area contributed by atoms with Gasteiger partial charge in [-0.15, -0.1) is 0 Å². The van der Waals surface area contributed by atoms with Crippen molar-refractivity contribution in [2.24, 2.45) is 0 Å². The zero-order chi connectivity index (χ0) is 15.6. The number of aryl methyl sites for hydroxylation is 2. The number of carboxylic acid groups (broad SMARTS) is 1. The molecule has 0 unspecified atom stereocenters. The lowest BCUT2D eigenvalue weighted by atomic mass is 10.1. The second kappa shape index (κ2) is 5.83. The second-order valence-corrected chi connectivity index (χ2v) is 4.85. The van der Waals surface area contributed by atoms with Crippen LogP contribution in [0.3, 0.4) is 0 Å². The maximum Gasteiger partial charge on any atom is 0.341 e. The molecule has 0 aliphatic rings. The fraction of sp³-hybridized carbons (Fsp3) is 0.250. The summed E-state index contributed by atoms with van der Waals surface area (Å²) in [5.74, 6) is -0.535. The molecule has 0 atom stereocenters. The molecule has 0 fully saturated rings. The molecular weight excluding hydrogens is 270 g/mol. The van der Waals surface area contributed by atoms with Crippen molar-refractivity contribution in [2.75, 3.05) is 7.11 Å². The number of carboxylic acids is 1. The number of carbonyl (C=O) groups is 1. The predicted molar refractivity (Wildman–Crippen MR) is 79.2 cm³/mol. The van der Waals surface area contributed by atoms with Crippen LogP contribution in [0.2, 0.25) is 0 Å². The van der Waals surface area contributed by atoms with Crippen LogP contribution in [0, 0.1) is 13.8 Å². The zero-order valence-electron chi connectivity index (χ0n) is 12.2. The minimum absolute atomic E-state index is 0.185. The fourth-order valence-electron chi connectivity index (χ4n) is 2.39. The van der Waals surface area contributed by atoms with Crippen LogP contribution in [0.5, 0.6) is 5.75 Å². The topological polar surface area (TPSA) is 68.5 Å². The lowest BCUT2D eigenvalue weighted by Gasteiger charge is -2.14. The van der Waals surface area contributed by atoms with Crippen LogP contribution in [0.15, 0.2) is 35.1 Å². The summed E-state index contributed by atoms with van der Waals surface area (Å²) in [6.45, 7) is 3.69. The zero-order valence-corrected chi connectivity index (χ0v) is 12.2. The van der Waals surface area contributed by atoms with Gasteiger partial charge in [0.05, 0.1) is 13.7 Å². The van der Waals surface area contributed by atoms with E-state index in [2.05, 4.69) is 0 Å². The van der Waals surface area contributed by atoms with E-state index in [1.54, 1.807) is 27.0 Å². The summed E-state index contributed by atoms with van der Waals surface area (Å²) in [6, 6.07) is 9.06. The highest BCUT2D eigenvalue weighted by Crippen LogP contribution is 2.19. The van der Waals surface area contributed by atoms with E-state index < -0.39 is 11.5 Å². The Kier molecular flexibility index (Phi) is 4.12. The van der Waals surface area contributed by atoms with Crippen molar-refractivity contribution >= 4 is 5.97 Å². The molecule has 0 amide bonds. The molecule has 1 aromatic carbocycles. The minimum Gasteiger partial charge on any atom is -0.496 e. The molecule has 0 saturated heterocycles. The van der Waals surface area contributed by atoms with E-state index in [-0.39, 0.29) is 12.1 Å². The molecule has 1 heterocycles. The monoisotopic (exact) mass is 287 g/mol. The second-order valence-electron chi connectivity index (χ2n) is 4.85. The number of hydrogen-bond acceptors (Lipinski definition) is 3. The average molecular weight is 287 g/mol. The molecule has 0 saturated carbocycles. The molecule has 21 heavy (non-hydrogen) atoms. The van der Waals surface area contributed by atoms with Gasteiger partial charge in [0, 0.05) is 11.3 Å². The van der Waals surface area contributed by atoms with Gasteiger partial charge in [0.1, 0.15) is 11.3 Å². The first-order chi connectivity index (χ1) is 9.95. The molecule has 0 aliphatic carbocycles. The van der Waals surface area contributed by atoms with E-state index in [0.29, 0.717) is 17.0 Å². The SMILES string of the molecule is COc1ccccc1Cn1c(C)cc(C)c(C(=O)O)c1=O. The third-order valence-electron chi connectivity index (χ3n) is 3.44. The number of hydrogen-bond donors (Lipinski definition) is 1. The molecule has 2 rings (SSSR count). The molecule has 2 aromatic rings. The summed E-state index contributed by atoms with van der Waals surface area (Å²) in [6.07, 6.45) is 0. The van der Waals surface area contributed by atoms with E-state index in [0.717, 1.165) is 5.56 Å². The standard InChI is InChI=1S/C16H17NO4/c1-10-8-11(2)17(15(18)14(10)16(19)20)9-12-6-4-5-7-13(12)21-3/h4-8H,9H2,1-3H3,(H,19,20). The smallest absolute Gasteiger partial charge is 0.341 e. The molecule has 1 N–H and O–H groups in total. The maximum absolute atomic E-state index is 12.4. The first-order valence-electron chi connectivity index (χ1n) is 6.52. The number of aromatic nitrogens is 1. The number of methoxy groups -OCH3 is 1. The van der Waals surface area contributed by atoms with E-state index in [9.17, 15) is 14.7 Å². The number of ether oxygens (including phenoxy) is 1. The van der Waals surface area contributed by atoms with E-state index >= 15 is 0 Å². The Hall–Kier alpha value is -2.56. The van der Waals surface area contributed by atoms with Gasteiger partial charge in [-0.25, -0.2) is 4.79 Å². The molecule has 5 nitrogen and oxygen atoms in total. The Labute approximate surface area is 122 Å². The van der Waals surface area contributed by atoms with Crippen LogP contribution in [0.1, 0.15) is 27.2 Å². The number of rotatable bonds is 4. The molecule has 110 valence electrons. The summed E-state index contributed by atoms with van der Waals surface area (Å²) in [4.78, 5) is 23.6. The number of para-hydroxylation sites is 1. The highest BCUT2D eigenvalue weighted by atomic mass is 16.5. The van der Waals surface area contributed by atoms with E-state index in [1.807, 2.05) is 24.3 Å². The molecule has 0 aliphatic heterocycles. The molecule has 0 spiro atoms. The largest absolute Gasteiger partial charge is 0.496 e. The van der Waals surface area contributed by atoms with Crippen LogP contribution < -0.4 is 10.3 Å². The Morgan fingerprint density at radius 3 is 2.57 bits per heavy atom. The van der Waals surface area contributed by atoms with Crippen LogP contribution in [0.25, 0.3) is 0 Å². The van der Waals surface area contributed by atoms with Crippen LogP contribution >= 0.6 is 0 Å². The quantitative estimate of drug-likeness (QED) is 0.936. The number of aromatic carboxylic acids is 1. The Morgan fingerprint density at radius 2 is 1.95 bits per heavy atom. The lowest BCUT2D eigenvalue weighted by Crippen LogP contribution is -2.29. The van der Waals surface area contributed by atoms with Crippen molar-refractivity contribution in [3.8, 4) is 5.75 Å². The number of pyridine rings is 1. The Morgan fingerprint density at radius 1 is 1.29 bits per heavy atom. The Balaban J connectivity index is 2.57. The van der Waals surface area contributed by atoms with Gasteiger partial charge < -0.3 is 14.4 Å². The summed E-state index contributed by atoms with van der Waals surface area (Å²) in [7, 11) is 1.56. The van der Waals surface area contributed by atoms with Crippen molar-refractivity contribution in [2.45, 2.75) is 20.4 Å². The third-order valence-corrected chi connectivity index (χ3v) is 3.44. The third kappa shape index (κ3) is 2.81. The fourth-order valence-corrected chi connectivity index (χ4v) is 2.39. The summed E-state index contributed by atoms with van der Waals surface area (Å²) >= 11 is 0. The number of benzene rings is 1. The van der Waals surface area contributed by atoms with Crippen LogP contribution in [-0.4, -0.2) is 22.8 Å². The van der Waals surface area contributed by atoms with Gasteiger partial charge >= 0.3 is 5.97 Å². The van der Waals surface area contributed by atoms with Crippen molar-refractivity contribution in [3.05, 3.63) is 63.1 Å². The van der Waals surface area contributed by atoms with E-state index in [4.69, 9.17) is 4.74 Å². The van der Waals surface area contributed by atoms with Crippen molar-refractivity contribution in [1.82, 2.24) is 4.57 Å². The lowest BCUT2D eigenvalue weighted by molar-refractivity contribution is 0.0693. The first-order valence-corrected chi connectivity index (χ1v) is 6.52. The molecule has 0 radical (unpaired) electrons. The van der Waals surface area contributed by atoms with Gasteiger partial charge in [0.2, 0.25) is 0 Å². The predicted octanol–water partition coefficient (Wildman–Crippen LogP) is 2.22. The Bertz CT molecular complexity index is 746. The van der Waals surface area contributed by atoms with Gasteiger partial charge in [-0.1, -0.05) is 18.2 Å². The highest BCUT2D eigenvalue weighted by molar-refractivity contribution is 5.88. The normalized spacial score (nSPS) is 10.4. The number of nitrogens with zero attached hydrogens (tertiary/aromatic N) is 1. The van der Waals surface area contributed by atoms with Gasteiger partial charge in [-0.2, -0.15) is 0 Å². The van der Waals surface area contributed by atoms with E-state index in [1.165, 1.54) is 4.57 Å². The van der Waals surface area contributed by atoms with Gasteiger partial charge in [-0.05, 0) is 31.5 Å². The van der Waals surface area contributed by atoms with Crippen LogP contribution in [-0.2, 0) is 6.54 Å². The molecule has 1 aromatic heterocycles. The molecular formula is C16H17NO4. The van der Waals surface area contributed by atoms with Crippen molar-refractivity contribution < 1.29 is 14.6 Å². The summed E-state index contributed by atoms with van der Waals surface area (Å²) < 4.78 is 6.72. The highest BCUT2D eigenvalue weighted by Gasteiger charge is 2.17. The molecule has 5 heteroatoms. The molecule has 0 bridgehead atoms. The van der Waals surface area contributed by atoms with Crippen LogP contribution in [0.4, 0.5) is 0 Å². The van der Waals surface area contributed by atoms with Crippen molar-refractivity contribution in [1.29, 1.82) is 0 Å². The van der Waals surface area contributed by atoms with Gasteiger partial charge in [-0.3, -0.25) is 4.79 Å². The van der Waals surface area contributed by atoms with Crippen molar-refractivity contribution in [3.63, 3.8) is 0 Å².